The Kier molecular flexibility index (Phi) is 3.14. The van der Waals surface area contributed by atoms with E-state index in [1.54, 1.807) is 19.6 Å². The van der Waals surface area contributed by atoms with E-state index in [4.69, 9.17) is 0 Å². The number of amides is 1. The standard InChI is InChI=1S/C14H14BrN7O2/c1-14(20(2)13(23)24)5-21(6-14)11-12-19-17-7-22(12)9-3-8(15)4-16-10(9)18-11/h3-4,7H,5-6H2,1-2H3,(H,23,24). The van der Waals surface area contributed by atoms with E-state index in [2.05, 4.69) is 36.1 Å². The molecule has 1 fully saturated rings. The van der Waals surface area contributed by atoms with Gasteiger partial charge in [0.1, 0.15) is 6.33 Å². The fourth-order valence-electron chi connectivity index (χ4n) is 2.98. The zero-order chi connectivity index (χ0) is 17.1. The summed E-state index contributed by atoms with van der Waals surface area (Å²) in [5.41, 5.74) is 1.56. The maximum absolute atomic E-state index is 11.2. The Morgan fingerprint density at radius 1 is 1.46 bits per heavy atom. The van der Waals surface area contributed by atoms with Crippen LogP contribution in [-0.4, -0.2) is 66.3 Å². The third-order valence-corrected chi connectivity index (χ3v) is 4.93. The van der Waals surface area contributed by atoms with Gasteiger partial charge in [0.25, 0.3) is 0 Å². The van der Waals surface area contributed by atoms with Crippen molar-refractivity contribution in [2.24, 2.45) is 0 Å². The lowest BCUT2D eigenvalue weighted by Gasteiger charge is -2.52. The third kappa shape index (κ3) is 2.09. The highest BCUT2D eigenvalue weighted by atomic mass is 79.9. The van der Waals surface area contributed by atoms with Gasteiger partial charge in [-0.3, -0.25) is 4.40 Å². The van der Waals surface area contributed by atoms with Gasteiger partial charge < -0.3 is 14.9 Å². The first-order valence-electron chi connectivity index (χ1n) is 7.26. The molecule has 1 aliphatic heterocycles. The van der Waals surface area contributed by atoms with Crippen molar-refractivity contribution in [3.8, 4) is 0 Å². The Bertz CT molecular complexity index is 966. The number of halogens is 1. The Balaban J connectivity index is 1.77. The largest absolute Gasteiger partial charge is 0.465 e. The van der Waals surface area contributed by atoms with Crippen LogP contribution in [0.2, 0.25) is 0 Å². The lowest BCUT2D eigenvalue weighted by Crippen LogP contribution is -2.69. The fourth-order valence-corrected chi connectivity index (χ4v) is 3.30. The van der Waals surface area contributed by atoms with Gasteiger partial charge in [-0.05, 0) is 28.9 Å². The van der Waals surface area contributed by atoms with E-state index in [9.17, 15) is 9.90 Å². The summed E-state index contributed by atoms with van der Waals surface area (Å²) in [6.45, 7) is 2.98. The van der Waals surface area contributed by atoms with Crippen molar-refractivity contribution in [2.75, 3.05) is 25.0 Å². The van der Waals surface area contributed by atoms with Crippen LogP contribution in [0.15, 0.2) is 23.1 Å². The zero-order valence-corrected chi connectivity index (χ0v) is 14.6. The van der Waals surface area contributed by atoms with E-state index >= 15 is 0 Å². The molecular weight excluding hydrogens is 378 g/mol. The number of hydrogen-bond donors (Lipinski definition) is 1. The second-order valence-corrected chi connectivity index (χ2v) is 7.07. The summed E-state index contributed by atoms with van der Waals surface area (Å²) < 4.78 is 2.69. The minimum atomic E-state index is -0.942. The van der Waals surface area contributed by atoms with Crippen LogP contribution in [-0.2, 0) is 0 Å². The van der Waals surface area contributed by atoms with E-state index in [0.717, 1.165) is 9.99 Å². The Morgan fingerprint density at radius 2 is 2.21 bits per heavy atom. The van der Waals surface area contributed by atoms with Gasteiger partial charge in [-0.25, -0.2) is 14.8 Å². The molecule has 0 bridgehead atoms. The molecule has 0 saturated carbocycles. The molecule has 0 aromatic carbocycles. The number of aromatic nitrogens is 5. The predicted octanol–water partition coefficient (Wildman–Crippen LogP) is 1.62. The highest BCUT2D eigenvalue weighted by Crippen LogP contribution is 2.33. The van der Waals surface area contributed by atoms with Gasteiger partial charge in [0.2, 0.25) is 5.65 Å². The van der Waals surface area contributed by atoms with Crippen molar-refractivity contribution in [3.05, 3.63) is 23.1 Å². The summed E-state index contributed by atoms with van der Waals surface area (Å²) in [7, 11) is 1.58. The van der Waals surface area contributed by atoms with Crippen LogP contribution < -0.4 is 4.90 Å². The van der Waals surface area contributed by atoms with Crippen LogP contribution in [0.4, 0.5) is 10.6 Å². The van der Waals surface area contributed by atoms with Crippen LogP contribution in [0, 0.1) is 0 Å². The Hall–Kier alpha value is -2.49. The van der Waals surface area contributed by atoms with E-state index < -0.39 is 11.6 Å². The average molecular weight is 392 g/mol. The summed E-state index contributed by atoms with van der Waals surface area (Å²) in [4.78, 5) is 23.5. The number of pyridine rings is 1. The normalized spacial score (nSPS) is 16.4. The number of fused-ring (bicyclic) bond motifs is 3. The maximum Gasteiger partial charge on any atom is 0.407 e. The van der Waals surface area contributed by atoms with Crippen LogP contribution >= 0.6 is 15.9 Å². The topological polar surface area (TPSA) is 99.8 Å². The first-order chi connectivity index (χ1) is 11.4. The summed E-state index contributed by atoms with van der Waals surface area (Å²) in [5.74, 6) is 0.658. The molecule has 0 radical (unpaired) electrons. The molecule has 4 rings (SSSR count). The smallest absolute Gasteiger partial charge is 0.407 e. The zero-order valence-electron chi connectivity index (χ0n) is 13.0. The first-order valence-corrected chi connectivity index (χ1v) is 8.05. The molecule has 10 heteroatoms. The van der Waals surface area contributed by atoms with Gasteiger partial charge in [-0.1, -0.05) is 0 Å². The van der Waals surface area contributed by atoms with Gasteiger partial charge in [0.05, 0.1) is 11.1 Å². The first kappa shape index (κ1) is 15.1. The van der Waals surface area contributed by atoms with Gasteiger partial charge in [0, 0.05) is 30.8 Å². The van der Waals surface area contributed by atoms with Crippen LogP contribution in [0.3, 0.4) is 0 Å². The highest BCUT2D eigenvalue weighted by Gasteiger charge is 2.45. The van der Waals surface area contributed by atoms with Crippen molar-refractivity contribution in [1.29, 1.82) is 0 Å². The molecule has 3 aromatic rings. The number of hydrogen-bond acceptors (Lipinski definition) is 6. The lowest BCUT2D eigenvalue weighted by atomic mass is 9.91. The van der Waals surface area contributed by atoms with Gasteiger partial charge in [0.15, 0.2) is 11.5 Å². The second kappa shape index (κ2) is 5.00. The van der Waals surface area contributed by atoms with Crippen LogP contribution in [0.25, 0.3) is 16.8 Å². The van der Waals surface area contributed by atoms with E-state index in [0.29, 0.717) is 30.2 Å². The molecule has 0 unspecified atom stereocenters. The van der Waals surface area contributed by atoms with Gasteiger partial charge in [-0.2, -0.15) is 0 Å². The molecule has 124 valence electrons. The monoisotopic (exact) mass is 391 g/mol. The predicted molar refractivity (Wildman–Crippen MR) is 90.2 cm³/mol. The van der Waals surface area contributed by atoms with Crippen molar-refractivity contribution in [3.63, 3.8) is 0 Å². The van der Waals surface area contributed by atoms with Crippen molar-refractivity contribution in [1.82, 2.24) is 29.5 Å². The molecule has 24 heavy (non-hydrogen) atoms. The van der Waals surface area contributed by atoms with Gasteiger partial charge >= 0.3 is 6.09 Å². The van der Waals surface area contributed by atoms with Crippen molar-refractivity contribution >= 4 is 44.7 Å². The lowest BCUT2D eigenvalue weighted by molar-refractivity contribution is 0.0848. The van der Waals surface area contributed by atoms with Crippen LogP contribution in [0.5, 0.6) is 0 Å². The quantitative estimate of drug-likeness (QED) is 0.708. The number of nitrogens with zero attached hydrogens (tertiary/aromatic N) is 7. The van der Waals surface area contributed by atoms with Crippen LogP contribution in [0.1, 0.15) is 6.92 Å². The summed E-state index contributed by atoms with van der Waals surface area (Å²) in [5, 5.41) is 17.3. The number of anilines is 1. The highest BCUT2D eigenvalue weighted by molar-refractivity contribution is 9.10. The number of carboxylic acid groups (broad SMARTS) is 1. The number of carbonyl (C=O) groups is 1. The fraction of sp³-hybridized carbons (Fsp3) is 0.357. The van der Waals surface area contributed by atoms with Gasteiger partial charge in [-0.15, -0.1) is 10.2 Å². The second-order valence-electron chi connectivity index (χ2n) is 6.15. The molecule has 0 atom stereocenters. The van der Waals surface area contributed by atoms with E-state index in [1.165, 1.54) is 4.90 Å². The number of rotatable bonds is 2. The molecule has 0 aliphatic carbocycles. The minimum Gasteiger partial charge on any atom is -0.465 e. The summed E-state index contributed by atoms with van der Waals surface area (Å²) in [6, 6.07) is 1.91. The average Bonchev–Trinajstić information content (AvgIpc) is 3.00. The molecule has 1 amide bonds. The number of likely N-dealkylation sites (N-methyl/N-ethyl adjacent to an activating group) is 1. The summed E-state index contributed by atoms with van der Waals surface area (Å²) >= 11 is 3.41. The molecular formula is C14H14BrN7O2. The SMILES string of the molecule is CN(C(=O)O)C1(C)CN(c2nc3ncc(Br)cc3n3cnnc23)C1. The molecule has 9 nitrogen and oxygen atoms in total. The maximum atomic E-state index is 11.2. The molecule has 1 N–H and O–H groups in total. The molecule has 0 spiro atoms. The van der Waals surface area contributed by atoms with E-state index in [-0.39, 0.29) is 0 Å². The molecule has 4 heterocycles. The summed E-state index contributed by atoms with van der Waals surface area (Å²) in [6.07, 6.45) is 2.37. The Labute approximate surface area is 145 Å². The molecule has 1 aliphatic rings. The molecule has 3 aromatic heterocycles. The van der Waals surface area contributed by atoms with E-state index in [1.807, 2.05) is 22.3 Å². The minimum absolute atomic E-state index is 0.452. The van der Waals surface area contributed by atoms with Crippen molar-refractivity contribution < 1.29 is 9.90 Å². The molecule has 1 saturated heterocycles. The third-order valence-electron chi connectivity index (χ3n) is 4.49. The Morgan fingerprint density at radius 3 is 2.92 bits per heavy atom. The van der Waals surface area contributed by atoms with Crippen molar-refractivity contribution in [2.45, 2.75) is 12.5 Å².